The van der Waals surface area contributed by atoms with Crippen molar-refractivity contribution in [3.8, 4) is 0 Å². The van der Waals surface area contributed by atoms with Gasteiger partial charge in [0.15, 0.2) is 9.47 Å². The van der Waals surface area contributed by atoms with Gasteiger partial charge in [-0.3, -0.25) is 19.3 Å². The van der Waals surface area contributed by atoms with Crippen LogP contribution in [0.3, 0.4) is 0 Å². The Morgan fingerprint density at radius 2 is 2.05 bits per heavy atom. The van der Waals surface area contributed by atoms with Gasteiger partial charge in [0.1, 0.15) is 29.2 Å². The number of nitrogens with one attached hydrogen (secondary N) is 1. The van der Waals surface area contributed by atoms with E-state index in [4.69, 9.17) is 25.8 Å². The SMILES string of the molecule is CC(C)(C)C(=O)OCOC(=O)C1=C(CSc2nncs2)CS[C@H]2C(NC(=O)C(=NOCCCN)c3nsc(N)n3)C(=O)N12.Cl. The van der Waals surface area contributed by atoms with Crippen molar-refractivity contribution in [2.45, 2.75) is 42.9 Å². The van der Waals surface area contributed by atoms with Crippen LogP contribution in [0.25, 0.3) is 0 Å². The van der Waals surface area contributed by atoms with Crippen LogP contribution in [-0.2, 0) is 33.5 Å². The summed E-state index contributed by atoms with van der Waals surface area (Å²) in [5.74, 6) is -2.07. The summed E-state index contributed by atoms with van der Waals surface area (Å²) in [7, 11) is 0. The molecule has 240 valence electrons. The third-order valence-corrected chi connectivity index (χ3v) is 9.52. The second-order valence-corrected chi connectivity index (χ2v) is 13.9. The number of carbonyl (C=O) groups excluding carboxylic acids is 4. The van der Waals surface area contributed by atoms with Crippen molar-refractivity contribution in [2.75, 3.05) is 37.2 Å². The van der Waals surface area contributed by atoms with Gasteiger partial charge in [0.2, 0.25) is 18.3 Å². The Labute approximate surface area is 274 Å². The van der Waals surface area contributed by atoms with E-state index in [-0.39, 0.29) is 41.4 Å². The number of ether oxygens (including phenoxy) is 2. The van der Waals surface area contributed by atoms with Gasteiger partial charge in [0, 0.05) is 23.0 Å². The fourth-order valence-corrected chi connectivity index (χ4v) is 6.97. The van der Waals surface area contributed by atoms with E-state index >= 15 is 0 Å². The van der Waals surface area contributed by atoms with Crippen molar-refractivity contribution in [3.05, 3.63) is 22.6 Å². The number of esters is 2. The highest BCUT2D eigenvalue weighted by atomic mass is 35.5. The van der Waals surface area contributed by atoms with Crippen molar-refractivity contribution in [1.82, 2.24) is 29.8 Å². The lowest BCUT2D eigenvalue weighted by molar-refractivity contribution is -0.173. The van der Waals surface area contributed by atoms with Crippen molar-refractivity contribution in [3.63, 3.8) is 0 Å². The highest BCUT2D eigenvalue weighted by molar-refractivity contribution is 8.01. The Morgan fingerprint density at radius 3 is 2.68 bits per heavy atom. The first-order valence-electron chi connectivity index (χ1n) is 12.7. The molecule has 2 aromatic heterocycles. The molecule has 0 bridgehead atoms. The molecule has 4 heterocycles. The van der Waals surface area contributed by atoms with Crippen LogP contribution in [-0.4, -0.2) is 96.8 Å². The third-order valence-electron chi connectivity index (χ3n) is 5.69. The molecular weight excluding hydrogens is 678 g/mol. The van der Waals surface area contributed by atoms with Gasteiger partial charge >= 0.3 is 11.9 Å². The smallest absolute Gasteiger partial charge is 0.357 e. The fraction of sp³-hybridized carbons (Fsp3) is 0.522. The van der Waals surface area contributed by atoms with Crippen molar-refractivity contribution < 1.29 is 33.5 Å². The molecule has 2 aliphatic heterocycles. The summed E-state index contributed by atoms with van der Waals surface area (Å²) in [6, 6.07) is -0.999. The topological polar surface area (TPSA) is 227 Å². The van der Waals surface area contributed by atoms with E-state index in [2.05, 4.69) is 30.0 Å². The summed E-state index contributed by atoms with van der Waals surface area (Å²) in [4.78, 5) is 62.5. The normalized spacial score (nSPS) is 18.1. The predicted molar refractivity (Wildman–Crippen MR) is 167 cm³/mol. The number of halogens is 1. The molecule has 0 aromatic carbocycles. The molecule has 21 heteroatoms. The zero-order chi connectivity index (χ0) is 31.1. The van der Waals surface area contributed by atoms with Crippen LogP contribution in [0.15, 0.2) is 26.3 Å². The maximum absolute atomic E-state index is 13.4. The molecule has 4 rings (SSSR count). The molecule has 0 spiro atoms. The maximum Gasteiger partial charge on any atom is 0.357 e. The zero-order valence-corrected chi connectivity index (χ0v) is 27.8. The first-order chi connectivity index (χ1) is 20.5. The predicted octanol–water partition coefficient (Wildman–Crippen LogP) is 0.999. The van der Waals surface area contributed by atoms with Crippen LogP contribution in [0.5, 0.6) is 0 Å². The number of anilines is 1. The number of hydrogen-bond donors (Lipinski definition) is 3. The Balaban J connectivity index is 0.00000529. The number of aromatic nitrogens is 4. The van der Waals surface area contributed by atoms with Gasteiger partial charge in [-0.1, -0.05) is 28.3 Å². The number of fused-ring (bicyclic) bond motifs is 1. The number of hydrogen-bond acceptors (Lipinski definition) is 18. The van der Waals surface area contributed by atoms with E-state index in [1.54, 1.807) is 26.3 Å². The molecule has 2 amide bonds. The lowest BCUT2D eigenvalue weighted by Gasteiger charge is -2.49. The number of nitrogens with two attached hydrogens (primary N) is 2. The maximum atomic E-state index is 13.4. The van der Waals surface area contributed by atoms with Crippen molar-refractivity contribution in [2.24, 2.45) is 16.3 Å². The Hall–Kier alpha value is -3.04. The summed E-state index contributed by atoms with van der Waals surface area (Å²) in [5, 5.41) is 13.8. The second kappa shape index (κ2) is 15.8. The van der Waals surface area contributed by atoms with Gasteiger partial charge in [0.05, 0.1) is 5.41 Å². The lowest BCUT2D eigenvalue weighted by atomic mass is 9.98. The average Bonchev–Trinajstić information content (AvgIpc) is 3.65. The second-order valence-electron chi connectivity index (χ2n) is 9.91. The highest BCUT2D eigenvalue weighted by Crippen LogP contribution is 2.42. The molecule has 0 saturated carbocycles. The zero-order valence-electron chi connectivity index (χ0n) is 23.7. The molecule has 2 aromatic rings. The number of rotatable bonds is 13. The number of nitrogen functional groups attached to an aromatic ring is 1. The van der Waals surface area contributed by atoms with E-state index < -0.39 is 47.4 Å². The standard InChI is InChI=1S/C23H29N9O7S4.ClH/c1-23(2,3)20(36)38-10-37-19(35)14-11(8-41-22-29-26-9-42-22)7-40-18-13(17(34)32(14)18)27-16(33)12(30-39-6-4-5-24)15-28-21(25)43-31-15;/h9,13,18H,4-8,10,24H2,1-3H3,(H,27,33)(H2,25,28,31);1H/t13?,18-;/m0./s1. The molecule has 1 fully saturated rings. The summed E-state index contributed by atoms with van der Waals surface area (Å²) < 4.78 is 15.0. The fourth-order valence-electron chi connectivity index (χ4n) is 3.56. The first kappa shape index (κ1) is 35.4. The number of β-lactam (4-membered cyclic amide) rings is 1. The molecule has 1 unspecified atom stereocenters. The Kier molecular flexibility index (Phi) is 12.7. The first-order valence-corrected chi connectivity index (χ1v) is 16.4. The van der Waals surface area contributed by atoms with Gasteiger partial charge in [-0.15, -0.1) is 34.4 Å². The van der Waals surface area contributed by atoms with Gasteiger partial charge in [-0.2, -0.15) is 9.36 Å². The number of oxime groups is 1. The summed E-state index contributed by atoms with van der Waals surface area (Å²) in [5.41, 5.74) is 12.3. The summed E-state index contributed by atoms with van der Waals surface area (Å²) in [6.07, 6.45) is 0.500. The van der Waals surface area contributed by atoms with Crippen LogP contribution in [0.4, 0.5) is 5.13 Å². The van der Waals surface area contributed by atoms with Crippen LogP contribution in [0, 0.1) is 5.41 Å². The lowest BCUT2D eigenvalue weighted by Crippen LogP contribution is -2.71. The Morgan fingerprint density at radius 1 is 1.27 bits per heavy atom. The van der Waals surface area contributed by atoms with Gasteiger partial charge < -0.3 is 31.1 Å². The van der Waals surface area contributed by atoms with E-state index in [1.165, 1.54) is 39.8 Å². The quantitative estimate of drug-likeness (QED) is 0.0502. The van der Waals surface area contributed by atoms with E-state index in [0.29, 0.717) is 34.4 Å². The number of thioether (sulfide) groups is 2. The number of amides is 2. The molecule has 1 saturated heterocycles. The highest BCUT2D eigenvalue weighted by Gasteiger charge is 2.54. The Bertz CT molecular complexity index is 1410. The van der Waals surface area contributed by atoms with Gasteiger partial charge in [-0.25, -0.2) is 4.79 Å². The molecule has 16 nitrogen and oxygen atoms in total. The molecule has 2 aliphatic rings. The molecule has 0 radical (unpaired) electrons. The van der Waals surface area contributed by atoms with Crippen LogP contribution >= 0.6 is 58.8 Å². The van der Waals surface area contributed by atoms with E-state index in [1.807, 2.05) is 0 Å². The van der Waals surface area contributed by atoms with Crippen molar-refractivity contribution >= 4 is 93.4 Å². The minimum atomic E-state index is -0.999. The third kappa shape index (κ3) is 8.57. The minimum absolute atomic E-state index is 0. The van der Waals surface area contributed by atoms with Crippen LogP contribution in [0.1, 0.15) is 33.0 Å². The van der Waals surface area contributed by atoms with E-state index in [9.17, 15) is 19.2 Å². The summed E-state index contributed by atoms with van der Waals surface area (Å²) in [6.45, 7) is 4.90. The monoisotopic (exact) mass is 707 g/mol. The number of nitrogens with zero attached hydrogens (tertiary/aromatic N) is 6. The van der Waals surface area contributed by atoms with Gasteiger partial charge in [0.25, 0.3) is 11.8 Å². The van der Waals surface area contributed by atoms with Crippen LogP contribution < -0.4 is 16.8 Å². The molecule has 5 N–H and O–H groups in total. The molecular formula is C23H30ClN9O7S4. The van der Waals surface area contributed by atoms with Gasteiger partial charge in [-0.05, 0) is 39.3 Å². The summed E-state index contributed by atoms with van der Waals surface area (Å²) >= 11 is 4.92. The molecule has 2 atom stereocenters. The van der Waals surface area contributed by atoms with Crippen LogP contribution in [0.2, 0.25) is 0 Å². The number of carbonyl (C=O) groups is 4. The molecule has 0 aliphatic carbocycles. The largest absolute Gasteiger partial charge is 0.427 e. The minimum Gasteiger partial charge on any atom is -0.427 e. The molecule has 44 heavy (non-hydrogen) atoms. The van der Waals surface area contributed by atoms with Crippen molar-refractivity contribution in [1.29, 1.82) is 0 Å². The van der Waals surface area contributed by atoms with E-state index in [0.717, 1.165) is 11.5 Å². The average molecular weight is 708 g/mol.